The van der Waals surface area contributed by atoms with Crippen molar-refractivity contribution in [1.82, 2.24) is 10.3 Å². The van der Waals surface area contributed by atoms with Crippen LogP contribution < -0.4 is 14.8 Å². The van der Waals surface area contributed by atoms with E-state index in [1.807, 2.05) is 12.1 Å². The molecule has 0 bridgehead atoms. The number of sulfonamides is 1. The molecule has 2 aromatic heterocycles. The van der Waals surface area contributed by atoms with Gasteiger partial charge in [-0.25, -0.2) is 13.4 Å². The number of benzene rings is 1. The second kappa shape index (κ2) is 9.49. The highest BCUT2D eigenvalue weighted by atomic mass is 32.2. The Balaban J connectivity index is 1.24. The van der Waals surface area contributed by atoms with E-state index in [1.54, 1.807) is 48.0 Å². The lowest BCUT2D eigenvalue weighted by atomic mass is 10.1. The molecule has 162 valence electrons. The van der Waals surface area contributed by atoms with Crippen LogP contribution in [0.4, 0.5) is 5.69 Å². The lowest BCUT2D eigenvalue weighted by Crippen LogP contribution is -2.24. The Morgan fingerprint density at radius 3 is 2.52 bits per heavy atom. The molecule has 0 spiro atoms. The molecule has 0 radical (unpaired) electrons. The van der Waals surface area contributed by atoms with E-state index in [9.17, 15) is 13.2 Å². The number of ether oxygens (including phenoxy) is 1. The summed E-state index contributed by atoms with van der Waals surface area (Å²) < 4.78 is 32.9. The van der Waals surface area contributed by atoms with Gasteiger partial charge in [0.15, 0.2) is 0 Å². The van der Waals surface area contributed by atoms with Crippen molar-refractivity contribution in [3.63, 3.8) is 0 Å². The van der Waals surface area contributed by atoms with Gasteiger partial charge in [-0.05, 0) is 53.5 Å². The van der Waals surface area contributed by atoms with Gasteiger partial charge in [-0.3, -0.25) is 9.52 Å². The number of thiophene rings is 1. The molecular weight excluding hydrogens is 434 g/mol. The van der Waals surface area contributed by atoms with Gasteiger partial charge in [0.05, 0.1) is 13.0 Å². The standard InChI is InChI=1S/C22H23N3O4S2/c26-20(23-13-18-7-10-21(24-14-18)29-15-17-3-4-17)12-16-5-8-19(9-6-16)25-31(27,28)22-2-1-11-30-22/h1-2,5-11,14,17,25H,3-4,12-13,15H2,(H,23,26). The second-order valence-corrected chi connectivity index (χ2v) is 10.3. The lowest BCUT2D eigenvalue weighted by Gasteiger charge is -2.09. The highest BCUT2D eigenvalue weighted by Gasteiger charge is 2.22. The van der Waals surface area contributed by atoms with Crippen molar-refractivity contribution in [3.8, 4) is 5.88 Å². The molecule has 9 heteroatoms. The molecule has 1 aliphatic carbocycles. The van der Waals surface area contributed by atoms with Gasteiger partial charge in [-0.1, -0.05) is 24.3 Å². The molecule has 31 heavy (non-hydrogen) atoms. The Hall–Kier alpha value is -2.91. The topological polar surface area (TPSA) is 97.4 Å². The molecular formula is C22H23N3O4S2. The largest absolute Gasteiger partial charge is 0.477 e. The molecule has 3 aromatic rings. The summed E-state index contributed by atoms with van der Waals surface area (Å²) in [6, 6.07) is 13.7. The molecule has 1 aliphatic rings. The van der Waals surface area contributed by atoms with Crippen LogP contribution in [0.15, 0.2) is 64.3 Å². The van der Waals surface area contributed by atoms with Gasteiger partial charge in [0.1, 0.15) is 4.21 Å². The van der Waals surface area contributed by atoms with Crippen molar-refractivity contribution in [3.05, 3.63) is 71.2 Å². The fourth-order valence-corrected chi connectivity index (χ4v) is 4.90. The van der Waals surface area contributed by atoms with Gasteiger partial charge in [0.2, 0.25) is 11.8 Å². The Kier molecular flexibility index (Phi) is 6.53. The minimum Gasteiger partial charge on any atom is -0.477 e. The van der Waals surface area contributed by atoms with Crippen LogP contribution in [-0.4, -0.2) is 25.9 Å². The van der Waals surface area contributed by atoms with Gasteiger partial charge in [0, 0.05) is 24.5 Å². The summed E-state index contributed by atoms with van der Waals surface area (Å²) >= 11 is 1.16. The van der Waals surface area contributed by atoms with Crippen LogP contribution in [0.3, 0.4) is 0 Å². The minimum absolute atomic E-state index is 0.124. The zero-order chi connectivity index (χ0) is 21.7. The maximum absolute atomic E-state index is 12.3. The number of amides is 1. The number of carbonyl (C=O) groups excluding carboxylic acids is 1. The van der Waals surface area contributed by atoms with Crippen LogP contribution >= 0.6 is 11.3 Å². The summed E-state index contributed by atoms with van der Waals surface area (Å²) in [5.74, 6) is 1.16. The van der Waals surface area contributed by atoms with Crippen molar-refractivity contribution in [1.29, 1.82) is 0 Å². The van der Waals surface area contributed by atoms with Gasteiger partial charge in [-0.2, -0.15) is 0 Å². The number of nitrogens with zero attached hydrogens (tertiary/aromatic N) is 1. The lowest BCUT2D eigenvalue weighted by molar-refractivity contribution is -0.120. The van der Waals surface area contributed by atoms with Crippen molar-refractivity contribution in [2.24, 2.45) is 5.92 Å². The number of anilines is 1. The van der Waals surface area contributed by atoms with E-state index in [2.05, 4.69) is 15.0 Å². The average Bonchev–Trinajstić information content (AvgIpc) is 3.41. The SMILES string of the molecule is O=C(Cc1ccc(NS(=O)(=O)c2cccs2)cc1)NCc1ccc(OCC2CC2)nc1. The third-order valence-corrected chi connectivity index (χ3v) is 7.56. The number of hydrogen-bond donors (Lipinski definition) is 2. The Labute approximate surface area is 185 Å². The van der Waals surface area contributed by atoms with E-state index in [1.165, 1.54) is 12.8 Å². The smallest absolute Gasteiger partial charge is 0.271 e. The Bertz CT molecular complexity index is 1110. The molecule has 2 N–H and O–H groups in total. The molecule has 1 saturated carbocycles. The summed E-state index contributed by atoms with van der Waals surface area (Å²) in [7, 11) is -3.58. The van der Waals surface area contributed by atoms with Gasteiger partial charge < -0.3 is 10.1 Å². The third-order valence-electron chi connectivity index (χ3n) is 4.78. The maximum Gasteiger partial charge on any atom is 0.271 e. The first-order valence-electron chi connectivity index (χ1n) is 9.98. The van der Waals surface area contributed by atoms with Crippen molar-refractivity contribution >= 4 is 33.0 Å². The highest BCUT2D eigenvalue weighted by Crippen LogP contribution is 2.29. The van der Waals surface area contributed by atoms with Crippen molar-refractivity contribution < 1.29 is 17.9 Å². The first-order valence-corrected chi connectivity index (χ1v) is 12.3. The van der Waals surface area contributed by atoms with Crippen LogP contribution in [-0.2, 0) is 27.8 Å². The van der Waals surface area contributed by atoms with Crippen molar-refractivity contribution in [2.75, 3.05) is 11.3 Å². The molecule has 0 atom stereocenters. The second-order valence-electron chi connectivity index (χ2n) is 7.45. The molecule has 0 aliphatic heterocycles. The summed E-state index contributed by atoms with van der Waals surface area (Å²) in [5.41, 5.74) is 2.14. The summed E-state index contributed by atoms with van der Waals surface area (Å²) in [5, 5.41) is 4.58. The molecule has 1 aromatic carbocycles. The molecule has 1 fully saturated rings. The van der Waals surface area contributed by atoms with Crippen LogP contribution in [0.1, 0.15) is 24.0 Å². The molecule has 1 amide bonds. The van der Waals surface area contributed by atoms with Gasteiger partial charge in [0.25, 0.3) is 10.0 Å². The van der Waals surface area contributed by atoms with E-state index in [0.717, 1.165) is 29.1 Å². The maximum atomic E-state index is 12.3. The monoisotopic (exact) mass is 457 g/mol. The number of carbonyl (C=O) groups is 1. The van der Waals surface area contributed by atoms with E-state index < -0.39 is 10.0 Å². The first kappa shape index (κ1) is 21.3. The first-order chi connectivity index (χ1) is 15.0. The normalized spacial score (nSPS) is 13.5. The summed E-state index contributed by atoms with van der Waals surface area (Å²) in [6.45, 7) is 1.10. The number of aromatic nitrogens is 1. The average molecular weight is 458 g/mol. The van der Waals surface area contributed by atoms with E-state index in [-0.39, 0.29) is 16.5 Å². The number of rotatable bonds is 10. The number of hydrogen-bond acceptors (Lipinski definition) is 6. The van der Waals surface area contributed by atoms with E-state index in [4.69, 9.17) is 4.74 Å². The highest BCUT2D eigenvalue weighted by molar-refractivity contribution is 7.94. The zero-order valence-corrected chi connectivity index (χ0v) is 18.4. The van der Waals surface area contributed by atoms with Crippen LogP contribution in [0.2, 0.25) is 0 Å². The van der Waals surface area contributed by atoms with Gasteiger partial charge in [-0.15, -0.1) is 11.3 Å². The summed E-state index contributed by atoms with van der Waals surface area (Å²) in [4.78, 5) is 16.5. The number of nitrogens with one attached hydrogen (secondary N) is 2. The van der Waals surface area contributed by atoms with Crippen LogP contribution in [0, 0.1) is 5.92 Å². The molecule has 4 rings (SSSR count). The molecule has 2 heterocycles. The third kappa shape index (κ3) is 6.28. The van der Waals surface area contributed by atoms with E-state index >= 15 is 0 Å². The van der Waals surface area contributed by atoms with Crippen molar-refractivity contribution in [2.45, 2.75) is 30.0 Å². The Morgan fingerprint density at radius 2 is 1.87 bits per heavy atom. The van der Waals surface area contributed by atoms with Gasteiger partial charge >= 0.3 is 0 Å². The predicted octanol–water partition coefficient (Wildman–Crippen LogP) is 3.59. The zero-order valence-electron chi connectivity index (χ0n) is 16.8. The van der Waals surface area contributed by atoms with E-state index in [0.29, 0.717) is 24.0 Å². The quantitative estimate of drug-likeness (QED) is 0.485. The fraction of sp³-hybridized carbons (Fsp3) is 0.273. The van der Waals surface area contributed by atoms with Crippen LogP contribution in [0.25, 0.3) is 0 Å². The predicted molar refractivity (Wildman–Crippen MR) is 120 cm³/mol. The summed E-state index contributed by atoms with van der Waals surface area (Å²) in [6.07, 6.45) is 4.38. The molecule has 0 saturated heterocycles. The fourth-order valence-electron chi connectivity index (χ4n) is 2.85. The number of pyridine rings is 1. The molecule has 7 nitrogen and oxygen atoms in total. The van der Waals surface area contributed by atoms with Crippen LogP contribution in [0.5, 0.6) is 5.88 Å². The minimum atomic E-state index is -3.58. The molecule has 0 unspecified atom stereocenters. The Morgan fingerprint density at radius 1 is 1.10 bits per heavy atom.